The van der Waals surface area contributed by atoms with Crippen LogP contribution < -0.4 is 15.6 Å². The van der Waals surface area contributed by atoms with Gasteiger partial charge in [-0.05, 0) is 63.4 Å². The van der Waals surface area contributed by atoms with Crippen LogP contribution in [0.4, 0.5) is 5.82 Å². The van der Waals surface area contributed by atoms with Crippen molar-refractivity contribution < 1.29 is 9.53 Å². The van der Waals surface area contributed by atoms with E-state index in [0.717, 1.165) is 4.88 Å². The third kappa shape index (κ3) is 4.47. The lowest BCUT2D eigenvalue weighted by Gasteiger charge is -2.11. The number of aromatic amines is 1. The molecule has 1 aromatic carbocycles. The number of amides is 1. The highest BCUT2D eigenvalue weighted by Gasteiger charge is 2.18. The van der Waals surface area contributed by atoms with Gasteiger partial charge in [0.25, 0.3) is 11.5 Å². The normalized spacial score (nSPS) is 11.0. The fourth-order valence-electron chi connectivity index (χ4n) is 3.05. The van der Waals surface area contributed by atoms with Crippen LogP contribution in [0.3, 0.4) is 0 Å². The van der Waals surface area contributed by atoms with Crippen LogP contribution >= 0.6 is 11.3 Å². The molecule has 0 atom stereocenters. The first kappa shape index (κ1) is 21.5. The number of aromatic nitrogens is 4. The minimum Gasteiger partial charge on any atom is -0.491 e. The van der Waals surface area contributed by atoms with Gasteiger partial charge in [0, 0.05) is 22.9 Å². The van der Waals surface area contributed by atoms with E-state index in [1.54, 1.807) is 44.2 Å². The quantitative estimate of drug-likeness (QED) is 0.456. The Balaban J connectivity index is 1.70. The van der Waals surface area contributed by atoms with E-state index in [0.29, 0.717) is 34.1 Å². The molecule has 9 heteroatoms. The monoisotopic (exact) mass is 449 g/mol. The number of anilines is 1. The fraction of sp³-hybridized carbons (Fsp3) is 0.217. The SMILES string of the molecule is Cc1nc(-n2nc(-c3cccs3)cc2NC(=O)c2ccc(OC(C)C)cc2)[nH]c(=O)c1C. The molecule has 0 aliphatic rings. The van der Waals surface area contributed by atoms with E-state index in [2.05, 4.69) is 20.4 Å². The molecule has 0 unspecified atom stereocenters. The second-order valence-corrected chi connectivity index (χ2v) is 8.50. The zero-order chi connectivity index (χ0) is 22.8. The van der Waals surface area contributed by atoms with Gasteiger partial charge >= 0.3 is 0 Å². The number of hydrogen-bond acceptors (Lipinski definition) is 6. The van der Waals surface area contributed by atoms with Gasteiger partial charge in [0.05, 0.1) is 11.0 Å². The maximum atomic E-state index is 12.9. The lowest BCUT2D eigenvalue weighted by molar-refractivity contribution is 0.102. The number of benzene rings is 1. The van der Waals surface area contributed by atoms with Gasteiger partial charge < -0.3 is 10.1 Å². The standard InChI is InChI=1S/C23H23N5O3S/c1-13(2)31-17-9-7-16(8-10-17)22(30)25-20-12-18(19-6-5-11-32-19)27-28(20)23-24-15(4)14(3)21(29)26-23/h5-13H,1-4H3,(H,25,30)(H,24,26,29). The van der Waals surface area contributed by atoms with Crippen LogP contribution in [0.2, 0.25) is 0 Å². The van der Waals surface area contributed by atoms with Gasteiger partial charge in [-0.3, -0.25) is 14.6 Å². The van der Waals surface area contributed by atoms with E-state index in [1.165, 1.54) is 16.0 Å². The molecule has 2 N–H and O–H groups in total. The number of nitrogens with zero attached hydrogens (tertiary/aromatic N) is 3. The van der Waals surface area contributed by atoms with Gasteiger partial charge in [-0.25, -0.2) is 4.98 Å². The summed E-state index contributed by atoms with van der Waals surface area (Å²) in [6.07, 6.45) is 0.0484. The molecule has 0 bridgehead atoms. The Labute approximate surface area is 188 Å². The summed E-state index contributed by atoms with van der Waals surface area (Å²) >= 11 is 1.53. The largest absolute Gasteiger partial charge is 0.491 e. The van der Waals surface area contributed by atoms with Crippen molar-refractivity contribution in [2.75, 3.05) is 5.32 Å². The molecule has 0 radical (unpaired) electrons. The molecule has 3 aromatic heterocycles. The number of aryl methyl sites for hydroxylation is 1. The molecule has 164 valence electrons. The van der Waals surface area contributed by atoms with Gasteiger partial charge in [0.15, 0.2) is 0 Å². The molecule has 0 aliphatic carbocycles. The minimum absolute atomic E-state index is 0.0484. The summed E-state index contributed by atoms with van der Waals surface area (Å²) in [4.78, 5) is 33.4. The van der Waals surface area contributed by atoms with E-state index in [4.69, 9.17) is 4.74 Å². The first-order valence-electron chi connectivity index (χ1n) is 10.1. The predicted octanol–water partition coefficient (Wildman–Crippen LogP) is 4.34. The molecule has 0 aliphatic heterocycles. The summed E-state index contributed by atoms with van der Waals surface area (Å²) in [5.41, 5.74) is 2.01. The Morgan fingerprint density at radius 3 is 2.56 bits per heavy atom. The van der Waals surface area contributed by atoms with Gasteiger partial charge in [-0.1, -0.05) is 6.07 Å². The number of H-pyrrole nitrogens is 1. The van der Waals surface area contributed by atoms with Crippen molar-refractivity contribution in [3.63, 3.8) is 0 Å². The Bertz CT molecular complexity index is 1300. The van der Waals surface area contributed by atoms with Gasteiger partial charge in [0.1, 0.15) is 17.3 Å². The summed E-state index contributed by atoms with van der Waals surface area (Å²) < 4.78 is 7.08. The van der Waals surface area contributed by atoms with Crippen LogP contribution in [-0.4, -0.2) is 31.8 Å². The van der Waals surface area contributed by atoms with Crippen molar-refractivity contribution in [2.45, 2.75) is 33.8 Å². The average Bonchev–Trinajstić information content (AvgIpc) is 3.42. The van der Waals surface area contributed by atoms with E-state index in [-0.39, 0.29) is 23.5 Å². The molecule has 0 saturated heterocycles. The fourth-order valence-corrected chi connectivity index (χ4v) is 3.73. The summed E-state index contributed by atoms with van der Waals surface area (Å²) in [7, 11) is 0. The van der Waals surface area contributed by atoms with Gasteiger partial charge in [0.2, 0.25) is 5.95 Å². The Morgan fingerprint density at radius 2 is 1.94 bits per heavy atom. The number of hydrogen-bond donors (Lipinski definition) is 2. The van der Waals surface area contributed by atoms with E-state index < -0.39 is 0 Å². The third-order valence-electron chi connectivity index (χ3n) is 4.80. The van der Waals surface area contributed by atoms with Crippen molar-refractivity contribution >= 4 is 23.1 Å². The third-order valence-corrected chi connectivity index (χ3v) is 5.69. The molecule has 1 amide bonds. The van der Waals surface area contributed by atoms with Gasteiger partial charge in [-0.15, -0.1) is 11.3 Å². The topological polar surface area (TPSA) is 102 Å². The molecule has 0 fully saturated rings. The van der Waals surface area contributed by atoms with E-state index in [9.17, 15) is 9.59 Å². The smallest absolute Gasteiger partial charge is 0.256 e. The summed E-state index contributed by atoms with van der Waals surface area (Å²) in [5.74, 6) is 1.01. The number of carbonyl (C=O) groups is 1. The summed E-state index contributed by atoms with van der Waals surface area (Å²) in [5, 5.41) is 9.42. The highest BCUT2D eigenvalue weighted by molar-refractivity contribution is 7.13. The van der Waals surface area contributed by atoms with Crippen LogP contribution in [-0.2, 0) is 0 Å². The van der Waals surface area contributed by atoms with Crippen LogP contribution in [0.15, 0.2) is 52.6 Å². The molecular formula is C23H23N5O3S. The van der Waals surface area contributed by atoms with Gasteiger partial charge in [-0.2, -0.15) is 9.78 Å². The molecule has 3 heterocycles. The first-order valence-corrected chi connectivity index (χ1v) is 11.0. The highest BCUT2D eigenvalue weighted by Crippen LogP contribution is 2.27. The predicted molar refractivity (Wildman–Crippen MR) is 125 cm³/mol. The minimum atomic E-state index is -0.314. The number of thiophene rings is 1. The highest BCUT2D eigenvalue weighted by atomic mass is 32.1. The van der Waals surface area contributed by atoms with Crippen LogP contribution in [0.25, 0.3) is 16.5 Å². The van der Waals surface area contributed by atoms with E-state index in [1.807, 2.05) is 31.4 Å². The average molecular weight is 450 g/mol. The molecule has 4 aromatic rings. The van der Waals surface area contributed by atoms with Crippen LogP contribution in [0, 0.1) is 13.8 Å². The van der Waals surface area contributed by atoms with Crippen molar-refractivity contribution in [1.29, 1.82) is 0 Å². The molecule has 8 nitrogen and oxygen atoms in total. The molecule has 32 heavy (non-hydrogen) atoms. The molecular weight excluding hydrogens is 426 g/mol. The van der Waals surface area contributed by atoms with E-state index >= 15 is 0 Å². The van der Waals surface area contributed by atoms with Crippen molar-refractivity contribution in [3.05, 3.63) is 75.0 Å². The van der Waals surface area contributed by atoms with Crippen molar-refractivity contribution in [1.82, 2.24) is 19.7 Å². The lowest BCUT2D eigenvalue weighted by atomic mass is 10.2. The summed E-state index contributed by atoms with van der Waals surface area (Å²) in [6.45, 7) is 7.35. The Morgan fingerprint density at radius 1 is 1.19 bits per heavy atom. The zero-order valence-electron chi connectivity index (χ0n) is 18.2. The maximum absolute atomic E-state index is 12.9. The maximum Gasteiger partial charge on any atom is 0.256 e. The second-order valence-electron chi connectivity index (χ2n) is 7.55. The molecule has 0 saturated carbocycles. The number of rotatable bonds is 6. The molecule has 0 spiro atoms. The lowest BCUT2D eigenvalue weighted by Crippen LogP contribution is -2.20. The van der Waals surface area contributed by atoms with Crippen molar-refractivity contribution in [3.8, 4) is 22.3 Å². The Kier molecular flexibility index (Phi) is 5.91. The first-order chi connectivity index (χ1) is 15.3. The Hall–Kier alpha value is -3.72. The number of carbonyl (C=O) groups excluding carboxylic acids is 1. The number of ether oxygens (including phenoxy) is 1. The van der Waals surface area contributed by atoms with Crippen LogP contribution in [0.1, 0.15) is 35.5 Å². The second kappa shape index (κ2) is 8.80. The summed E-state index contributed by atoms with van der Waals surface area (Å²) in [6, 6.07) is 12.5. The van der Waals surface area contributed by atoms with Crippen LogP contribution in [0.5, 0.6) is 5.75 Å². The van der Waals surface area contributed by atoms with Crippen molar-refractivity contribution in [2.24, 2.45) is 0 Å². The molecule has 4 rings (SSSR count). The number of nitrogens with one attached hydrogen (secondary N) is 2. The zero-order valence-corrected chi connectivity index (χ0v) is 19.0.